The van der Waals surface area contributed by atoms with Gasteiger partial charge in [-0.25, -0.2) is 4.98 Å². The van der Waals surface area contributed by atoms with Gasteiger partial charge in [-0.1, -0.05) is 0 Å². The quantitative estimate of drug-likeness (QED) is 0.804. The van der Waals surface area contributed by atoms with E-state index in [9.17, 15) is 4.79 Å². The summed E-state index contributed by atoms with van der Waals surface area (Å²) in [6.45, 7) is 10.5. The Morgan fingerprint density at radius 2 is 1.96 bits per heavy atom. The van der Waals surface area contributed by atoms with Crippen molar-refractivity contribution in [3.05, 3.63) is 17.6 Å². The molecule has 7 heteroatoms. The van der Waals surface area contributed by atoms with E-state index >= 15 is 0 Å². The molecule has 7 nitrogen and oxygen atoms in total. The van der Waals surface area contributed by atoms with Crippen molar-refractivity contribution in [2.75, 3.05) is 50.7 Å². The molecule has 1 aromatic rings. The fourth-order valence-corrected chi connectivity index (χ4v) is 4.51. The summed E-state index contributed by atoms with van der Waals surface area (Å²) in [7, 11) is 0. The lowest BCUT2D eigenvalue weighted by Crippen LogP contribution is -2.49. The van der Waals surface area contributed by atoms with Crippen LogP contribution in [0.2, 0.25) is 0 Å². The van der Waals surface area contributed by atoms with Gasteiger partial charge < -0.3 is 15.0 Å². The molecular weight excluding hydrogens is 330 g/mol. The Hall–Kier alpha value is -1.73. The van der Waals surface area contributed by atoms with Crippen molar-refractivity contribution in [1.29, 1.82) is 0 Å². The Balaban J connectivity index is 1.32. The van der Waals surface area contributed by atoms with Crippen molar-refractivity contribution >= 4 is 11.8 Å². The summed E-state index contributed by atoms with van der Waals surface area (Å²) in [4.78, 5) is 26.3. The Bertz CT molecular complexity index is 666. The molecule has 1 atom stereocenters. The van der Waals surface area contributed by atoms with Gasteiger partial charge >= 0.3 is 5.97 Å². The zero-order chi connectivity index (χ0) is 18.1. The van der Waals surface area contributed by atoms with Gasteiger partial charge in [-0.3, -0.25) is 14.7 Å². The minimum Gasteiger partial charge on any atom is -0.461 e. The minimum absolute atomic E-state index is 0.0355. The highest BCUT2D eigenvalue weighted by Crippen LogP contribution is 2.41. The second kappa shape index (κ2) is 7.12. The van der Waals surface area contributed by atoms with Gasteiger partial charge in [-0.05, 0) is 39.8 Å². The predicted octanol–water partition coefficient (Wildman–Crippen LogP) is 0.901. The fourth-order valence-electron chi connectivity index (χ4n) is 4.51. The van der Waals surface area contributed by atoms with Crippen molar-refractivity contribution in [2.24, 2.45) is 5.41 Å². The van der Waals surface area contributed by atoms with Crippen LogP contribution in [-0.4, -0.2) is 72.8 Å². The van der Waals surface area contributed by atoms with Crippen molar-refractivity contribution in [2.45, 2.75) is 39.2 Å². The van der Waals surface area contributed by atoms with Crippen LogP contribution in [0.3, 0.4) is 0 Å². The molecule has 4 heterocycles. The molecule has 0 aliphatic carbocycles. The Morgan fingerprint density at radius 1 is 1.23 bits per heavy atom. The van der Waals surface area contributed by atoms with Gasteiger partial charge in [0, 0.05) is 45.3 Å². The molecule has 0 amide bonds. The molecular formula is C19H29N5O2. The van der Waals surface area contributed by atoms with Gasteiger partial charge in [0.1, 0.15) is 11.9 Å². The fraction of sp³-hybridized carbons (Fsp3) is 0.737. The first-order valence-electron chi connectivity index (χ1n) is 9.75. The lowest BCUT2D eigenvalue weighted by atomic mass is 9.76. The number of carbonyl (C=O) groups excluding carboxylic acids is 1. The number of rotatable bonds is 3. The Kier molecular flexibility index (Phi) is 4.84. The molecule has 4 rings (SSSR count). The zero-order valence-corrected chi connectivity index (χ0v) is 15.8. The maximum Gasteiger partial charge on any atom is 0.312 e. The zero-order valence-electron chi connectivity index (χ0n) is 15.8. The van der Waals surface area contributed by atoms with E-state index in [0.29, 0.717) is 0 Å². The lowest BCUT2D eigenvalue weighted by Gasteiger charge is -2.36. The van der Waals surface area contributed by atoms with Gasteiger partial charge in [0.15, 0.2) is 0 Å². The number of carbonyl (C=O) groups is 1. The number of aryl methyl sites for hydroxylation is 2. The first-order chi connectivity index (χ1) is 12.6. The number of anilines is 1. The van der Waals surface area contributed by atoms with E-state index in [2.05, 4.69) is 25.1 Å². The number of piperidine rings is 1. The minimum atomic E-state index is -0.216. The van der Waals surface area contributed by atoms with Crippen LogP contribution in [0.25, 0.3) is 0 Å². The van der Waals surface area contributed by atoms with Crippen molar-refractivity contribution in [1.82, 2.24) is 20.2 Å². The molecule has 0 radical (unpaired) electrons. The third kappa shape index (κ3) is 3.42. The molecule has 0 saturated carbocycles. The average Bonchev–Trinajstić information content (AvgIpc) is 2.93. The lowest BCUT2D eigenvalue weighted by molar-refractivity contribution is -0.150. The molecule has 3 aliphatic heterocycles. The molecule has 1 unspecified atom stereocenters. The summed E-state index contributed by atoms with van der Waals surface area (Å²) in [5.41, 5.74) is 1.73. The van der Waals surface area contributed by atoms with E-state index in [1.54, 1.807) is 0 Å². The summed E-state index contributed by atoms with van der Waals surface area (Å²) < 4.78 is 5.76. The van der Waals surface area contributed by atoms with Crippen LogP contribution in [0, 0.1) is 19.3 Å². The van der Waals surface area contributed by atoms with Crippen LogP contribution in [0.15, 0.2) is 6.20 Å². The van der Waals surface area contributed by atoms with Gasteiger partial charge in [-0.2, -0.15) is 0 Å². The topological polar surface area (TPSA) is 70.6 Å². The van der Waals surface area contributed by atoms with Crippen LogP contribution >= 0.6 is 0 Å². The number of esters is 1. The molecule has 3 fully saturated rings. The van der Waals surface area contributed by atoms with E-state index in [-0.39, 0.29) is 17.5 Å². The molecule has 1 N–H and O–H groups in total. The van der Waals surface area contributed by atoms with E-state index < -0.39 is 0 Å². The van der Waals surface area contributed by atoms with E-state index in [0.717, 1.165) is 82.3 Å². The number of hydrogen-bond donors (Lipinski definition) is 1. The average molecular weight is 359 g/mol. The van der Waals surface area contributed by atoms with Crippen LogP contribution in [0.1, 0.15) is 30.7 Å². The Morgan fingerprint density at radius 3 is 2.69 bits per heavy atom. The summed E-state index contributed by atoms with van der Waals surface area (Å²) in [6, 6.07) is 0. The highest BCUT2D eigenvalue weighted by Gasteiger charge is 2.49. The van der Waals surface area contributed by atoms with Crippen LogP contribution in [0.5, 0.6) is 0 Å². The first kappa shape index (κ1) is 17.7. The monoisotopic (exact) mass is 359 g/mol. The van der Waals surface area contributed by atoms with Crippen molar-refractivity contribution in [3.8, 4) is 0 Å². The van der Waals surface area contributed by atoms with E-state index in [1.165, 1.54) is 0 Å². The third-order valence-electron chi connectivity index (χ3n) is 6.07. The normalized spacial score (nSPS) is 26.3. The van der Waals surface area contributed by atoms with Crippen LogP contribution in [-0.2, 0) is 9.53 Å². The van der Waals surface area contributed by atoms with Crippen LogP contribution < -0.4 is 10.2 Å². The molecule has 1 aromatic heterocycles. The summed E-state index contributed by atoms with van der Waals surface area (Å²) in [5, 5.41) is 3.35. The van der Waals surface area contributed by atoms with Gasteiger partial charge in [0.05, 0.1) is 16.8 Å². The summed E-state index contributed by atoms with van der Waals surface area (Å²) in [5.74, 6) is 1.04. The predicted molar refractivity (Wildman–Crippen MR) is 99.2 cm³/mol. The first-order valence-corrected chi connectivity index (χ1v) is 9.75. The maximum atomic E-state index is 12.4. The number of cyclic esters (lactones) is 1. The second-order valence-electron chi connectivity index (χ2n) is 7.97. The number of nitrogens with zero attached hydrogens (tertiary/aromatic N) is 4. The van der Waals surface area contributed by atoms with Crippen LogP contribution in [0.4, 0.5) is 5.82 Å². The summed E-state index contributed by atoms with van der Waals surface area (Å²) >= 11 is 0. The number of aromatic nitrogens is 2. The van der Waals surface area contributed by atoms with E-state index in [1.807, 2.05) is 20.0 Å². The van der Waals surface area contributed by atoms with Crippen molar-refractivity contribution in [3.63, 3.8) is 0 Å². The van der Waals surface area contributed by atoms with E-state index in [4.69, 9.17) is 4.74 Å². The molecule has 3 aliphatic rings. The molecule has 0 aromatic carbocycles. The molecule has 0 bridgehead atoms. The number of nitrogens with one attached hydrogen (secondary N) is 1. The number of ether oxygens (including phenoxy) is 1. The van der Waals surface area contributed by atoms with Crippen molar-refractivity contribution < 1.29 is 9.53 Å². The number of hydrogen-bond acceptors (Lipinski definition) is 7. The highest BCUT2D eigenvalue weighted by molar-refractivity contribution is 5.79. The highest BCUT2D eigenvalue weighted by atomic mass is 16.6. The third-order valence-corrected chi connectivity index (χ3v) is 6.07. The molecule has 3 saturated heterocycles. The second-order valence-corrected chi connectivity index (χ2v) is 7.97. The SMILES string of the molecule is Cc1cnc(C)c(N2CCN(CC3CC4(CCNCC4)C(=O)O3)CC2)n1. The molecule has 142 valence electrons. The molecule has 1 spiro atoms. The Labute approximate surface area is 155 Å². The van der Waals surface area contributed by atoms with Gasteiger partial charge in [0.25, 0.3) is 0 Å². The smallest absolute Gasteiger partial charge is 0.312 e. The van der Waals surface area contributed by atoms with Gasteiger partial charge in [-0.15, -0.1) is 0 Å². The summed E-state index contributed by atoms with van der Waals surface area (Å²) in [6.07, 6.45) is 4.59. The molecule has 26 heavy (non-hydrogen) atoms. The largest absolute Gasteiger partial charge is 0.461 e. The number of piperazine rings is 1. The van der Waals surface area contributed by atoms with Gasteiger partial charge in [0.2, 0.25) is 0 Å². The standard InChI is InChI=1S/C19H29N5O2/c1-14-12-21-15(2)17(22-14)24-9-7-23(8-10-24)13-16-11-19(18(25)26-16)3-5-20-6-4-19/h12,16,20H,3-11,13H2,1-2H3. The maximum absolute atomic E-state index is 12.4.